The average molecular weight is 144 g/mol. The third kappa shape index (κ3) is 1.94. The zero-order valence-corrected chi connectivity index (χ0v) is 5.48. The van der Waals surface area contributed by atoms with Crippen molar-refractivity contribution in [3.8, 4) is 0 Å². The van der Waals surface area contributed by atoms with Crippen LogP contribution in [-0.2, 0) is 0 Å². The monoisotopic (exact) mass is 144 g/mol. The molecule has 0 nitrogen and oxygen atoms in total. The van der Waals surface area contributed by atoms with Crippen LogP contribution in [0, 0.1) is 0 Å². The lowest BCUT2D eigenvalue weighted by molar-refractivity contribution is -0.0391. The number of hydrogen-bond donors (Lipinski definition) is 1. The van der Waals surface area contributed by atoms with Crippen molar-refractivity contribution < 1.29 is 13.2 Å². The molecule has 0 saturated heterocycles. The first-order valence-corrected chi connectivity index (χ1v) is 2.49. The molecule has 0 aliphatic heterocycles. The predicted molar refractivity (Wildman–Crippen MR) is 29.1 cm³/mol. The molecule has 50 valence electrons. The molecule has 8 heavy (non-hydrogen) atoms. The molecule has 0 saturated carbocycles. The molecule has 0 atom stereocenters. The highest BCUT2D eigenvalue weighted by Gasteiger charge is 2.43. The fourth-order valence-electron chi connectivity index (χ4n) is 0. The Labute approximate surface area is 51.5 Å². The topological polar surface area (TPSA) is 0 Å². The van der Waals surface area contributed by atoms with Gasteiger partial charge in [-0.25, -0.2) is 4.39 Å². The van der Waals surface area contributed by atoms with Crippen molar-refractivity contribution in [2.45, 2.75) is 24.8 Å². The number of hydrogen-bond acceptors (Lipinski definition) is 1. The van der Waals surface area contributed by atoms with E-state index in [0.717, 1.165) is 13.8 Å². The highest BCUT2D eigenvalue weighted by Crippen LogP contribution is 2.34. The van der Waals surface area contributed by atoms with Crippen LogP contribution in [0.5, 0.6) is 0 Å². The van der Waals surface area contributed by atoms with Gasteiger partial charge in [-0.2, -0.15) is 8.78 Å². The molecule has 0 rings (SSSR count). The first-order chi connectivity index (χ1) is 3.25. The van der Waals surface area contributed by atoms with Crippen LogP contribution in [0.3, 0.4) is 0 Å². The van der Waals surface area contributed by atoms with Crippen molar-refractivity contribution in [3.63, 3.8) is 0 Å². The van der Waals surface area contributed by atoms with Crippen LogP contribution >= 0.6 is 12.6 Å². The minimum Gasteiger partial charge on any atom is -0.237 e. The van der Waals surface area contributed by atoms with E-state index < -0.39 is 10.9 Å². The standard InChI is InChI=1S/C4H7F3S/c1-3(2,5)4(6,7)8/h8H,1-2H3. The Morgan fingerprint density at radius 2 is 1.25 bits per heavy atom. The van der Waals surface area contributed by atoms with Gasteiger partial charge in [0.2, 0.25) is 0 Å². The summed E-state index contributed by atoms with van der Waals surface area (Å²) in [7, 11) is 0. The van der Waals surface area contributed by atoms with Gasteiger partial charge in [0.15, 0.2) is 5.67 Å². The quantitative estimate of drug-likeness (QED) is 0.536. The summed E-state index contributed by atoms with van der Waals surface area (Å²) in [5.41, 5.74) is -2.53. The van der Waals surface area contributed by atoms with E-state index in [2.05, 4.69) is 12.6 Å². The van der Waals surface area contributed by atoms with E-state index in [1.54, 1.807) is 0 Å². The molecular weight excluding hydrogens is 137 g/mol. The molecule has 0 unspecified atom stereocenters. The maximum atomic E-state index is 12.1. The molecule has 0 heterocycles. The van der Waals surface area contributed by atoms with Gasteiger partial charge in [0.25, 0.3) is 0 Å². The average Bonchev–Trinajstić information content (AvgIpc) is 1.25. The van der Waals surface area contributed by atoms with Crippen LogP contribution in [-0.4, -0.2) is 10.9 Å². The lowest BCUT2D eigenvalue weighted by Gasteiger charge is -2.20. The SMILES string of the molecule is CC(C)(F)C(F)(F)S. The Kier molecular flexibility index (Phi) is 1.86. The van der Waals surface area contributed by atoms with E-state index in [1.807, 2.05) is 0 Å². The maximum absolute atomic E-state index is 12.1. The molecule has 0 amide bonds. The van der Waals surface area contributed by atoms with Gasteiger partial charge in [0, 0.05) is 0 Å². The van der Waals surface area contributed by atoms with E-state index in [4.69, 9.17) is 0 Å². The zero-order valence-electron chi connectivity index (χ0n) is 4.58. The lowest BCUT2D eigenvalue weighted by atomic mass is 10.2. The molecule has 0 aromatic rings. The summed E-state index contributed by atoms with van der Waals surface area (Å²) in [6, 6.07) is 0. The number of rotatable bonds is 1. The van der Waals surface area contributed by atoms with Crippen molar-refractivity contribution in [2.75, 3.05) is 0 Å². The largest absolute Gasteiger partial charge is 0.323 e. The van der Waals surface area contributed by atoms with Crippen molar-refractivity contribution in [1.82, 2.24) is 0 Å². The number of halogens is 3. The Morgan fingerprint density at radius 3 is 1.25 bits per heavy atom. The molecule has 0 aliphatic carbocycles. The van der Waals surface area contributed by atoms with Crippen molar-refractivity contribution in [3.05, 3.63) is 0 Å². The molecule has 0 radical (unpaired) electrons. The van der Waals surface area contributed by atoms with E-state index in [0.29, 0.717) is 0 Å². The van der Waals surface area contributed by atoms with Gasteiger partial charge in [-0.3, -0.25) is 0 Å². The fraction of sp³-hybridized carbons (Fsp3) is 1.00. The van der Waals surface area contributed by atoms with Crippen LogP contribution in [0.2, 0.25) is 0 Å². The van der Waals surface area contributed by atoms with Gasteiger partial charge in [-0.15, -0.1) is 12.6 Å². The van der Waals surface area contributed by atoms with Crippen LogP contribution in [0.4, 0.5) is 13.2 Å². The lowest BCUT2D eigenvalue weighted by Crippen LogP contribution is -2.32. The predicted octanol–water partition coefficient (Wildman–Crippen LogP) is 2.26. The van der Waals surface area contributed by atoms with E-state index in [1.165, 1.54) is 0 Å². The van der Waals surface area contributed by atoms with Crippen LogP contribution < -0.4 is 0 Å². The first-order valence-electron chi connectivity index (χ1n) is 2.04. The third-order valence-electron chi connectivity index (χ3n) is 0.715. The molecule has 0 bridgehead atoms. The Morgan fingerprint density at radius 1 is 1.12 bits per heavy atom. The molecule has 0 aliphatic rings. The van der Waals surface area contributed by atoms with Gasteiger partial charge in [-0.1, -0.05) is 0 Å². The van der Waals surface area contributed by atoms with E-state index in [9.17, 15) is 13.2 Å². The summed E-state index contributed by atoms with van der Waals surface area (Å²) in [6.45, 7) is 1.56. The molecule has 0 spiro atoms. The van der Waals surface area contributed by atoms with Gasteiger partial charge in [0.1, 0.15) is 0 Å². The molecule has 0 aromatic heterocycles. The van der Waals surface area contributed by atoms with Crippen LogP contribution in [0.1, 0.15) is 13.8 Å². The van der Waals surface area contributed by atoms with Crippen molar-refractivity contribution in [1.29, 1.82) is 0 Å². The minimum atomic E-state index is -3.53. The second-order valence-electron chi connectivity index (χ2n) is 2.01. The van der Waals surface area contributed by atoms with E-state index >= 15 is 0 Å². The summed E-state index contributed by atoms with van der Waals surface area (Å²) < 4.78 is 35.5. The Bertz CT molecular complexity index is 66.3. The smallest absolute Gasteiger partial charge is 0.237 e. The normalized spacial score (nSPS) is 14.2. The first kappa shape index (κ1) is 8.14. The van der Waals surface area contributed by atoms with Crippen molar-refractivity contribution >= 4 is 12.6 Å². The molecule has 0 N–H and O–H groups in total. The van der Waals surface area contributed by atoms with Gasteiger partial charge >= 0.3 is 5.25 Å². The van der Waals surface area contributed by atoms with Gasteiger partial charge < -0.3 is 0 Å². The molecule has 4 heteroatoms. The molecule has 0 fully saturated rings. The maximum Gasteiger partial charge on any atom is 0.323 e. The van der Waals surface area contributed by atoms with E-state index in [-0.39, 0.29) is 0 Å². The Balaban J connectivity index is 4.02. The summed E-state index contributed by atoms with van der Waals surface area (Å²) in [4.78, 5) is 0. The number of alkyl halides is 3. The number of thiol groups is 1. The van der Waals surface area contributed by atoms with Gasteiger partial charge in [0.05, 0.1) is 0 Å². The highest BCUT2D eigenvalue weighted by molar-refractivity contribution is 7.81. The second kappa shape index (κ2) is 1.83. The minimum absolute atomic E-state index is 0.778. The van der Waals surface area contributed by atoms with Crippen LogP contribution in [0.25, 0.3) is 0 Å². The summed E-state index contributed by atoms with van der Waals surface area (Å²) in [5, 5.41) is -3.53. The third-order valence-corrected chi connectivity index (χ3v) is 1.25. The van der Waals surface area contributed by atoms with Crippen LogP contribution in [0.15, 0.2) is 0 Å². The Hall–Kier alpha value is 0.140. The molecule has 0 aromatic carbocycles. The summed E-state index contributed by atoms with van der Waals surface area (Å²) in [5.74, 6) is 0. The van der Waals surface area contributed by atoms with Crippen molar-refractivity contribution in [2.24, 2.45) is 0 Å². The zero-order chi connectivity index (χ0) is 7.00. The second-order valence-corrected chi connectivity index (χ2v) is 2.58. The van der Waals surface area contributed by atoms with Gasteiger partial charge in [-0.05, 0) is 13.8 Å². The summed E-state index contributed by atoms with van der Waals surface area (Å²) in [6.07, 6.45) is 0. The highest BCUT2D eigenvalue weighted by atomic mass is 32.1. The fourth-order valence-corrected chi connectivity index (χ4v) is 0. The molecular formula is C4H7F3S. The summed E-state index contributed by atoms with van der Waals surface area (Å²) >= 11 is 2.73.